The van der Waals surface area contributed by atoms with Crippen molar-refractivity contribution in [3.05, 3.63) is 11.3 Å². The van der Waals surface area contributed by atoms with Crippen LogP contribution >= 0.6 is 0 Å². The van der Waals surface area contributed by atoms with Crippen LogP contribution in [-0.2, 0) is 17.5 Å². The number of aromatic nitrogens is 2. The van der Waals surface area contributed by atoms with Gasteiger partial charge in [0.25, 0.3) is 0 Å². The Morgan fingerprint density at radius 1 is 1.53 bits per heavy atom. The second-order valence-corrected chi connectivity index (χ2v) is 3.57. The molecule has 0 aliphatic carbocycles. The van der Waals surface area contributed by atoms with Crippen molar-refractivity contribution in [1.82, 2.24) is 9.78 Å². The predicted molar refractivity (Wildman–Crippen MR) is 51.7 cm³/mol. The van der Waals surface area contributed by atoms with Gasteiger partial charge in [0.2, 0.25) is 0 Å². The maximum Gasteiger partial charge on any atom is 0.436 e. The van der Waals surface area contributed by atoms with E-state index in [0.717, 1.165) is 11.8 Å². The summed E-state index contributed by atoms with van der Waals surface area (Å²) in [4.78, 5) is 11.4. The average molecular weight is 249 g/mol. The number of ether oxygens (including phenoxy) is 1. The van der Waals surface area contributed by atoms with Gasteiger partial charge in [-0.2, -0.15) is 18.3 Å². The molecule has 0 fully saturated rings. The zero-order valence-corrected chi connectivity index (χ0v) is 8.97. The Morgan fingerprint density at radius 2 is 2.24 bits per heavy atom. The molecule has 0 aromatic carbocycles. The summed E-state index contributed by atoms with van der Waals surface area (Å²) in [7, 11) is 1.04. The van der Waals surface area contributed by atoms with Gasteiger partial charge in [0.15, 0.2) is 5.69 Å². The standard InChI is InChI=1S/C9H10F3N3O2/c1-17-8(16)5-6(9(10,11)12)14-15-4-2-3-13-7(5)15/h13H,2-4H2,1H3. The number of anilines is 1. The molecule has 8 heteroatoms. The summed E-state index contributed by atoms with van der Waals surface area (Å²) < 4.78 is 43.7. The highest BCUT2D eigenvalue weighted by Crippen LogP contribution is 2.35. The Kier molecular flexibility index (Phi) is 2.72. The summed E-state index contributed by atoms with van der Waals surface area (Å²) in [6.07, 6.45) is -4.01. The number of carbonyl (C=O) groups is 1. The van der Waals surface area contributed by atoms with Crippen LogP contribution in [0.3, 0.4) is 0 Å². The maximum absolute atomic E-state index is 12.7. The molecule has 1 aromatic rings. The normalized spacial score (nSPS) is 15.1. The van der Waals surface area contributed by atoms with Crippen LogP contribution in [0.15, 0.2) is 0 Å². The molecule has 94 valence electrons. The first-order valence-corrected chi connectivity index (χ1v) is 4.95. The van der Waals surface area contributed by atoms with Gasteiger partial charge in [-0.15, -0.1) is 0 Å². The second kappa shape index (κ2) is 3.94. The molecule has 0 amide bonds. The van der Waals surface area contributed by atoms with E-state index in [-0.39, 0.29) is 5.82 Å². The van der Waals surface area contributed by atoms with Gasteiger partial charge in [0.05, 0.1) is 7.11 Å². The van der Waals surface area contributed by atoms with Crippen molar-refractivity contribution in [2.24, 2.45) is 0 Å². The number of alkyl halides is 3. The topological polar surface area (TPSA) is 56.1 Å². The van der Waals surface area contributed by atoms with Crippen LogP contribution in [0.2, 0.25) is 0 Å². The number of nitrogens with one attached hydrogen (secondary N) is 1. The Morgan fingerprint density at radius 3 is 2.82 bits per heavy atom. The fraction of sp³-hybridized carbons (Fsp3) is 0.556. The van der Waals surface area contributed by atoms with Crippen molar-refractivity contribution in [2.75, 3.05) is 19.0 Å². The van der Waals surface area contributed by atoms with Crippen LogP contribution in [-0.4, -0.2) is 29.4 Å². The molecule has 0 unspecified atom stereocenters. The molecule has 2 rings (SSSR count). The summed E-state index contributed by atoms with van der Waals surface area (Å²) in [5, 5.41) is 6.16. The lowest BCUT2D eigenvalue weighted by Crippen LogP contribution is -2.19. The Bertz CT molecular complexity index is 453. The quantitative estimate of drug-likeness (QED) is 0.766. The van der Waals surface area contributed by atoms with E-state index in [4.69, 9.17) is 0 Å². The van der Waals surface area contributed by atoms with E-state index in [1.165, 1.54) is 0 Å². The third kappa shape index (κ3) is 1.94. The fourth-order valence-corrected chi connectivity index (χ4v) is 1.73. The number of esters is 1. The van der Waals surface area contributed by atoms with E-state index >= 15 is 0 Å². The number of nitrogens with zero attached hydrogens (tertiary/aromatic N) is 2. The monoisotopic (exact) mass is 249 g/mol. The molecule has 0 radical (unpaired) electrons. The van der Waals surface area contributed by atoms with Gasteiger partial charge >= 0.3 is 12.1 Å². The van der Waals surface area contributed by atoms with E-state index in [1.54, 1.807) is 0 Å². The first-order valence-electron chi connectivity index (χ1n) is 4.95. The van der Waals surface area contributed by atoms with E-state index in [0.29, 0.717) is 19.5 Å². The van der Waals surface area contributed by atoms with Gasteiger partial charge in [-0.1, -0.05) is 0 Å². The minimum absolute atomic E-state index is 0.0791. The van der Waals surface area contributed by atoms with Crippen LogP contribution in [0.4, 0.5) is 19.0 Å². The van der Waals surface area contributed by atoms with E-state index in [2.05, 4.69) is 15.2 Å². The lowest BCUT2D eigenvalue weighted by Gasteiger charge is -2.16. The van der Waals surface area contributed by atoms with Crippen LogP contribution in [0.25, 0.3) is 0 Å². The minimum atomic E-state index is -4.67. The third-order valence-electron chi connectivity index (χ3n) is 2.45. The molecule has 17 heavy (non-hydrogen) atoms. The van der Waals surface area contributed by atoms with Gasteiger partial charge in [0.1, 0.15) is 11.4 Å². The number of hydrogen-bond acceptors (Lipinski definition) is 4. The van der Waals surface area contributed by atoms with Crippen molar-refractivity contribution in [2.45, 2.75) is 19.1 Å². The Hall–Kier alpha value is -1.73. The van der Waals surface area contributed by atoms with E-state index in [9.17, 15) is 18.0 Å². The van der Waals surface area contributed by atoms with Crippen LogP contribution in [0.5, 0.6) is 0 Å². The number of halogens is 3. The van der Waals surface area contributed by atoms with Gasteiger partial charge in [0, 0.05) is 13.1 Å². The molecular formula is C9H10F3N3O2. The number of hydrogen-bond donors (Lipinski definition) is 1. The molecule has 5 nitrogen and oxygen atoms in total. The van der Waals surface area contributed by atoms with Crippen LogP contribution in [0, 0.1) is 0 Å². The van der Waals surface area contributed by atoms with Crippen molar-refractivity contribution in [3.8, 4) is 0 Å². The van der Waals surface area contributed by atoms with Crippen LogP contribution < -0.4 is 5.32 Å². The van der Waals surface area contributed by atoms with Crippen LogP contribution in [0.1, 0.15) is 22.5 Å². The Labute approximate surface area is 94.5 Å². The number of fused-ring (bicyclic) bond motifs is 1. The molecule has 2 heterocycles. The van der Waals surface area contributed by atoms with Crippen molar-refractivity contribution >= 4 is 11.8 Å². The van der Waals surface area contributed by atoms with Gasteiger partial charge in [-0.05, 0) is 6.42 Å². The van der Waals surface area contributed by atoms with Crippen molar-refractivity contribution < 1.29 is 22.7 Å². The third-order valence-corrected chi connectivity index (χ3v) is 2.45. The lowest BCUT2D eigenvalue weighted by molar-refractivity contribution is -0.142. The summed E-state index contributed by atoms with van der Waals surface area (Å²) in [6.45, 7) is 0.857. The smallest absolute Gasteiger partial charge is 0.436 e. The summed E-state index contributed by atoms with van der Waals surface area (Å²) in [6, 6.07) is 0. The molecule has 0 bridgehead atoms. The van der Waals surface area contributed by atoms with Crippen molar-refractivity contribution in [1.29, 1.82) is 0 Å². The SMILES string of the molecule is COC(=O)c1c(C(F)(F)F)nn2c1NCCC2. The second-order valence-electron chi connectivity index (χ2n) is 3.57. The van der Waals surface area contributed by atoms with Crippen molar-refractivity contribution in [3.63, 3.8) is 0 Å². The van der Waals surface area contributed by atoms with E-state index < -0.39 is 23.4 Å². The highest BCUT2D eigenvalue weighted by atomic mass is 19.4. The van der Waals surface area contributed by atoms with Gasteiger partial charge in [-0.3, -0.25) is 0 Å². The summed E-state index contributed by atoms with van der Waals surface area (Å²) in [5.74, 6) is -0.955. The Balaban J connectivity index is 2.59. The average Bonchev–Trinajstić information content (AvgIpc) is 2.67. The molecule has 0 saturated heterocycles. The lowest BCUT2D eigenvalue weighted by atomic mass is 10.2. The molecule has 0 atom stereocenters. The van der Waals surface area contributed by atoms with Gasteiger partial charge in [-0.25, -0.2) is 9.48 Å². The highest BCUT2D eigenvalue weighted by molar-refractivity contribution is 5.96. The number of carbonyl (C=O) groups excluding carboxylic acids is 1. The zero-order chi connectivity index (χ0) is 12.6. The molecule has 0 spiro atoms. The van der Waals surface area contributed by atoms with E-state index in [1.807, 2.05) is 0 Å². The summed E-state index contributed by atoms with van der Waals surface area (Å²) in [5.41, 5.74) is -1.74. The largest absolute Gasteiger partial charge is 0.465 e. The van der Waals surface area contributed by atoms with Gasteiger partial charge < -0.3 is 10.1 Å². The number of rotatable bonds is 1. The minimum Gasteiger partial charge on any atom is -0.465 e. The highest BCUT2D eigenvalue weighted by Gasteiger charge is 2.42. The molecule has 0 saturated carbocycles. The molecular weight excluding hydrogens is 239 g/mol. The summed E-state index contributed by atoms with van der Waals surface area (Å²) >= 11 is 0. The maximum atomic E-state index is 12.7. The predicted octanol–water partition coefficient (Wildman–Crippen LogP) is 1.50. The molecule has 1 aromatic heterocycles. The first kappa shape index (κ1) is 11.7. The number of aryl methyl sites for hydroxylation is 1. The first-order chi connectivity index (χ1) is 7.95. The fourth-order valence-electron chi connectivity index (χ4n) is 1.73. The zero-order valence-electron chi connectivity index (χ0n) is 8.97. The number of methoxy groups -OCH3 is 1. The molecule has 1 N–H and O–H groups in total. The molecule has 1 aliphatic heterocycles. The molecule has 1 aliphatic rings.